The molecule has 0 saturated carbocycles. The van der Waals surface area contributed by atoms with Crippen molar-refractivity contribution in [3.05, 3.63) is 33.8 Å². The van der Waals surface area contributed by atoms with Gasteiger partial charge in [0.2, 0.25) is 0 Å². The number of hydrogen-bond donors (Lipinski definition) is 2. The molecule has 0 aromatic heterocycles. The van der Waals surface area contributed by atoms with E-state index in [1.165, 1.54) is 25.9 Å². The molecule has 1 atom stereocenters. The van der Waals surface area contributed by atoms with Crippen LogP contribution in [0.25, 0.3) is 0 Å². The average molecular weight is 331 g/mol. The number of benzene rings is 1. The third-order valence-electron chi connectivity index (χ3n) is 4.24. The molecule has 0 radical (unpaired) electrons. The van der Waals surface area contributed by atoms with Crippen LogP contribution in [0.15, 0.2) is 18.2 Å². The third kappa shape index (κ3) is 5.11. The highest BCUT2D eigenvalue weighted by Crippen LogP contribution is 2.26. The molecule has 1 fully saturated rings. The lowest BCUT2D eigenvalue weighted by molar-refractivity contribution is 0.161. The van der Waals surface area contributed by atoms with Crippen LogP contribution < -0.4 is 5.32 Å². The van der Waals surface area contributed by atoms with E-state index in [1.807, 2.05) is 0 Å². The summed E-state index contributed by atoms with van der Waals surface area (Å²) in [6.45, 7) is 7.19. The maximum atomic E-state index is 10.2. The van der Waals surface area contributed by atoms with Crippen molar-refractivity contribution in [2.75, 3.05) is 32.7 Å². The molecule has 1 aliphatic rings. The van der Waals surface area contributed by atoms with Gasteiger partial charge in [0.05, 0.1) is 6.10 Å². The summed E-state index contributed by atoms with van der Waals surface area (Å²) in [5.74, 6) is 0.704. The van der Waals surface area contributed by atoms with E-state index in [0.29, 0.717) is 28.1 Å². The lowest BCUT2D eigenvalue weighted by Crippen LogP contribution is -2.37. The molecule has 3 nitrogen and oxygen atoms in total. The first-order valence-corrected chi connectivity index (χ1v) is 8.41. The van der Waals surface area contributed by atoms with Gasteiger partial charge in [-0.05, 0) is 63.1 Å². The molecule has 5 heteroatoms. The number of halogens is 2. The van der Waals surface area contributed by atoms with Crippen LogP contribution in [0.2, 0.25) is 10.0 Å². The fraction of sp³-hybridized carbons (Fsp3) is 0.625. The minimum atomic E-state index is -0.619. The molecular formula is C16H24Cl2N2O. The Bertz CT molecular complexity index is 448. The predicted octanol–water partition coefficient (Wildman–Crippen LogP) is 3.35. The minimum absolute atomic E-state index is 0.508. The quantitative estimate of drug-likeness (QED) is 0.839. The SMILES string of the molecule is CCN1CCC(CNCC(O)c2cc(Cl)ccc2Cl)CC1. The second-order valence-electron chi connectivity index (χ2n) is 5.72. The van der Waals surface area contributed by atoms with E-state index in [4.69, 9.17) is 23.2 Å². The Morgan fingerprint density at radius 2 is 2.05 bits per heavy atom. The lowest BCUT2D eigenvalue weighted by atomic mass is 9.96. The summed E-state index contributed by atoms with van der Waals surface area (Å²) in [5, 5.41) is 14.7. The van der Waals surface area contributed by atoms with E-state index in [2.05, 4.69) is 17.1 Å². The largest absolute Gasteiger partial charge is 0.387 e. The molecule has 2 rings (SSSR count). The Labute approximate surface area is 137 Å². The van der Waals surface area contributed by atoms with Crippen LogP contribution >= 0.6 is 23.2 Å². The van der Waals surface area contributed by atoms with E-state index in [1.54, 1.807) is 18.2 Å². The molecule has 1 saturated heterocycles. The number of rotatable bonds is 6. The van der Waals surface area contributed by atoms with Crippen LogP contribution in [0.3, 0.4) is 0 Å². The number of nitrogens with zero attached hydrogens (tertiary/aromatic N) is 1. The first-order valence-electron chi connectivity index (χ1n) is 7.66. The van der Waals surface area contributed by atoms with E-state index >= 15 is 0 Å². The van der Waals surface area contributed by atoms with Crippen molar-refractivity contribution < 1.29 is 5.11 Å². The lowest BCUT2D eigenvalue weighted by Gasteiger charge is -2.31. The van der Waals surface area contributed by atoms with Gasteiger partial charge >= 0.3 is 0 Å². The monoisotopic (exact) mass is 330 g/mol. The van der Waals surface area contributed by atoms with Gasteiger partial charge < -0.3 is 15.3 Å². The second kappa shape index (κ2) is 8.35. The molecule has 1 heterocycles. The Morgan fingerprint density at radius 1 is 1.33 bits per heavy atom. The Balaban J connectivity index is 1.74. The normalized spacial score (nSPS) is 18.9. The van der Waals surface area contributed by atoms with Crippen LogP contribution in [0.4, 0.5) is 0 Å². The van der Waals surface area contributed by atoms with Gasteiger partial charge in [-0.3, -0.25) is 0 Å². The van der Waals surface area contributed by atoms with Crippen LogP contribution in [0.1, 0.15) is 31.4 Å². The number of aliphatic hydroxyl groups excluding tert-OH is 1. The van der Waals surface area contributed by atoms with E-state index in [9.17, 15) is 5.11 Å². The van der Waals surface area contributed by atoms with E-state index in [0.717, 1.165) is 13.1 Å². The molecule has 118 valence electrons. The average Bonchev–Trinajstić information content (AvgIpc) is 2.50. The van der Waals surface area contributed by atoms with Gasteiger partial charge in [0.1, 0.15) is 0 Å². The van der Waals surface area contributed by atoms with Crippen molar-refractivity contribution in [2.45, 2.75) is 25.9 Å². The highest BCUT2D eigenvalue weighted by molar-refractivity contribution is 6.33. The number of aliphatic hydroxyl groups is 1. The Hall–Kier alpha value is -0.320. The van der Waals surface area contributed by atoms with Crippen LogP contribution in [0.5, 0.6) is 0 Å². The molecule has 2 N–H and O–H groups in total. The van der Waals surface area contributed by atoms with E-state index in [-0.39, 0.29) is 0 Å². The molecule has 0 amide bonds. The zero-order chi connectivity index (χ0) is 15.2. The molecular weight excluding hydrogens is 307 g/mol. The van der Waals surface area contributed by atoms with Crippen molar-refractivity contribution in [3.8, 4) is 0 Å². The van der Waals surface area contributed by atoms with Crippen molar-refractivity contribution in [3.63, 3.8) is 0 Å². The van der Waals surface area contributed by atoms with E-state index < -0.39 is 6.10 Å². The first kappa shape index (κ1) is 17.0. The van der Waals surface area contributed by atoms with Gasteiger partial charge in [-0.1, -0.05) is 30.1 Å². The van der Waals surface area contributed by atoms with Gasteiger partial charge in [-0.25, -0.2) is 0 Å². The van der Waals surface area contributed by atoms with Crippen molar-refractivity contribution in [1.82, 2.24) is 10.2 Å². The predicted molar refractivity (Wildman–Crippen MR) is 89.1 cm³/mol. The van der Waals surface area contributed by atoms with Gasteiger partial charge in [-0.15, -0.1) is 0 Å². The fourth-order valence-electron chi connectivity index (χ4n) is 2.81. The maximum absolute atomic E-state index is 10.2. The van der Waals surface area contributed by atoms with Crippen molar-refractivity contribution >= 4 is 23.2 Å². The van der Waals surface area contributed by atoms with Gasteiger partial charge in [0, 0.05) is 22.2 Å². The summed E-state index contributed by atoms with van der Waals surface area (Å²) in [4.78, 5) is 2.48. The molecule has 1 aromatic rings. The topological polar surface area (TPSA) is 35.5 Å². The molecule has 1 unspecified atom stereocenters. The highest BCUT2D eigenvalue weighted by Gasteiger charge is 2.18. The van der Waals surface area contributed by atoms with Crippen LogP contribution in [0, 0.1) is 5.92 Å². The minimum Gasteiger partial charge on any atom is -0.387 e. The first-order chi connectivity index (χ1) is 10.1. The summed E-state index contributed by atoms with van der Waals surface area (Å²) in [6, 6.07) is 5.19. The smallest absolute Gasteiger partial charge is 0.0929 e. The second-order valence-corrected chi connectivity index (χ2v) is 6.56. The molecule has 21 heavy (non-hydrogen) atoms. The Morgan fingerprint density at radius 3 is 2.71 bits per heavy atom. The summed E-state index contributed by atoms with van der Waals surface area (Å²) in [7, 11) is 0. The highest BCUT2D eigenvalue weighted by atomic mass is 35.5. The summed E-state index contributed by atoms with van der Waals surface area (Å²) >= 11 is 12.0. The summed E-state index contributed by atoms with van der Waals surface area (Å²) in [6.07, 6.45) is 1.84. The molecule has 0 aliphatic carbocycles. The number of nitrogens with one attached hydrogen (secondary N) is 1. The van der Waals surface area contributed by atoms with Crippen molar-refractivity contribution in [1.29, 1.82) is 0 Å². The molecule has 0 bridgehead atoms. The van der Waals surface area contributed by atoms with Crippen LogP contribution in [-0.2, 0) is 0 Å². The molecule has 1 aliphatic heterocycles. The van der Waals surface area contributed by atoms with Gasteiger partial charge in [0.15, 0.2) is 0 Å². The fourth-order valence-corrected chi connectivity index (χ4v) is 3.23. The summed E-state index contributed by atoms with van der Waals surface area (Å²) < 4.78 is 0. The summed E-state index contributed by atoms with van der Waals surface area (Å²) in [5.41, 5.74) is 0.692. The number of hydrogen-bond acceptors (Lipinski definition) is 3. The third-order valence-corrected chi connectivity index (χ3v) is 4.82. The zero-order valence-corrected chi connectivity index (χ0v) is 14.0. The standard InChI is InChI=1S/C16H24Cl2N2O/c1-2-20-7-5-12(6-8-20)10-19-11-16(21)14-9-13(17)3-4-15(14)18/h3-4,9,12,16,19,21H,2,5-8,10-11H2,1H3. The number of likely N-dealkylation sites (tertiary alicyclic amines) is 1. The molecule has 1 aromatic carbocycles. The number of piperidine rings is 1. The van der Waals surface area contributed by atoms with Crippen LogP contribution in [-0.4, -0.2) is 42.7 Å². The zero-order valence-electron chi connectivity index (χ0n) is 12.5. The van der Waals surface area contributed by atoms with Crippen molar-refractivity contribution in [2.24, 2.45) is 5.92 Å². The maximum Gasteiger partial charge on any atom is 0.0929 e. The Kier molecular flexibility index (Phi) is 6.77. The van der Waals surface area contributed by atoms with Gasteiger partial charge in [0.25, 0.3) is 0 Å². The van der Waals surface area contributed by atoms with Gasteiger partial charge in [-0.2, -0.15) is 0 Å². The molecule has 0 spiro atoms.